The fraction of sp³-hybridized carbons (Fsp3) is 0.619. The molecule has 2 heterocycles. The van der Waals surface area contributed by atoms with E-state index in [1.54, 1.807) is 0 Å². The first-order valence-electron chi connectivity index (χ1n) is 10.0. The van der Waals surface area contributed by atoms with Crippen LogP contribution < -0.4 is 0 Å². The number of halogens is 4. The molecule has 31 heavy (non-hydrogen) atoms. The van der Waals surface area contributed by atoms with Gasteiger partial charge in [-0.2, -0.15) is 13.2 Å². The molecule has 2 fully saturated rings. The van der Waals surface area contributed by atoms with Crippen molar-refractivity contribution in [1.29, 1.82) is 0 Å². The van der Waals surface area contributed by atoms with E-state index in [1.165, 1.54) is 6.42 Å². The smallest absolute Gasteiger partial charge is 0.475 e. The summed E-state index contributed by atoms with van der Waals surface area (Å²) in [5.41, 5.74) is 0.978. The molecule has 0 aromatic heterocycles. The zero-order chi connectivity index (χ0) is 23.2. The normalized spacial score (nSPS) is 20.1. The Kier molecular flexibility index (Phi) is 8.73. The molecule has 3 rings (SSSR count). The van der Waals surface area contributed by atoms with Crippen molar-refractivity contribution in [2.24, 2.45) is 5.92 Å². The van der Waals surface area contributed by atoms with Crippen molar-refractivity contribution < 1.29 is 32.6 Å². The summed E-state index contributed by atoms with van der Waals surface area (Å²) in [5, 5.41) is 7.87. The molecular formula is C21H28ClF3N2O4. The summed E-state index contributed by atoms with van der Waals surface area (Å²) in [6.45, 7) is 3.41. The first-order valence-corrected chi connectivity index (χ1v) is 10.4. The first kappa shape index (κ1) is 25.4. The van der Waals surface area contributed by atoms with Gasteiger partial charge in [-0.1, -0.05) is 29.8 Å². The molecule has 1 atom stereocenters. The van der Waals surface area contributed by atoms with E-state index in [0.29, 0.717) is 18.8 Å². The summed E-state index contributed by atoms with van der Waals surface area (Å²) < 4.78 is 37.9. The number of aryl methyl sites for hydroxylation is 1. The van der Waals surface area contributed by atoms with E-state index in [0.717, 1.165) is 43.2 Å². The molecule has 1 aromatic carbocycles. The van der Waals surface area contributed by atoms with Gasteiger partial charge in [0.25, 0.3) is 0 Å². The third kappa shape index (κ3) is 7.66. The fourth-order valence-corrected chi connectivity index (χ4v) is 3.98. The largest absolute Gasteiger partial charge is 0.490 e. The van der Waals surface area contributed by atoms with Crippen LogP contribution in [-0.2, 0) is 20.7 Å². The number of likely N-dealkylation sites (tertiary alicyclic amines) is 1. The van der Waals surface area contributed by atoms with Crippen LogP contribution in [0.2, 0.25) is 5.02 Å². The molecule has 0 saturated carbocycles. The Bertz CT molecular complexity index is 757. The number of rotatable bonds is 5. The molecule has 1 spiro atoms. The van der Waals surface area contributed by atoms with Gasteiger partial charge in [0.05, 0.1) is 19.7 Å². The van der Waals surface area contributed by atoms with E-state index in [-0.39, 0.29) is 11.5 Å². The van der Waals surface area contributed by atoms with Gasteiger partial charge in [0, 0.05) is 18.0 Å². The number of carboxylic acids is 1. The van der Waals surface area contributed by atoms with E-state index in [4.69, 9.17) is 26.2 Å². The zero-order valence-corrected chi connectivity index (χ0v) is 18.4. The van der Waals surface area contributed by atoms with Crippen LogP contribution in [-0.4, -0.2) is 78.9 Å². The second-order valence-electron chi connectivity index (χ2n) is 8.31. The summed E-state index contributed by atoms with van der Waals surface area (Å²) >= 11 is 6.15. The van der Waals surface area contributed by atoms with Gasteiger partial charge in [0.2, 0.25) is 5.91 Å². The molecule has 0 radical (unpaired) electrons. The summed E-state index contributed by atoms with van der Waals surface area (Å²) in [5.74, 6) is -1.93. The predicted molar refractivity (Wildman–Crippen MR) is 110 cm³/mol. The Morgan fingerprint density at radius 1 is 1.29 bits per heavy atom. The minimum absolute atomic E-state index is 0.0666. The van der Waals surface area contributed by atoms with Crippen molar-refractivity contribution in [2.75, 3.05) is 40.3 Å². The third-order valence-electron chi connectivity index (χ3n) is 5.38. The molecule has 10 heteroatoms. The summed E-state index contributed by atoms with van der Waals surface area (Å²) in [7, 11) is 4.21. The van der Waals surface area contributed by atoms with Crippen LogP contribution >= 0.6 is 11.6 Å². The monoisotopic (exact) mass is 464 g/mol. The van der Waals surface area contributed by atoms with E-state index in [2.05, 4.69) is 19.0 Å². The summed E-state index contributed by atoms with van der Waals surface area (Å²) in [6, 6.07) is 7.74. The molecule has 6 nitrogen and oxygen atoms in total. The Morgan fingerprint density at radius 3 is 2.39 bits per heavy atom. The molecular weight excluding hydrogens is 437 g/mol. The predicted octanol–water partition coefficient (Wildman–Crippen LogP) is 3.48. The highest BCUT2D eigenvalue weighted by molar-refractivity contribution is 6.31. The second-order valence-corrected chi connectivity index (χ2v) is 8.71. The second kappa shape index (κ2) is 10.7. The van der Waals surface area contributed by atoms with Crippen molar-refractivity contribution in [1.82, 2.24) is 9.80 Å². The molecule has 1 aromatic rings. The molecule has 174 valence electrons. The fourth-order valence-electron chi connectivity index (χ4n) is 3.75. The average Bonchev–Trinajstić information content (AvgIpc) is 2.65. The maximum atomic E-state index is 12.4. The lowest BCUT2D eigenvalue weighted by atomic mass is 9.82. The summed E-state index contributed by atoms with van der Waals surface area (Å²) in [6.07, 6.45) is -1.60. The molecule has 2 saturated heterocycles. The molecule has 1 N–H and O–H groups in total. The lowest BCUT2D eigenvalue weighted by Gasteiger charge is -2.53. The van der Waals surface area contributed by atoms with E-state index in [1.807, 2.05) is 29.2 Å². The molecule has 1 unspecified atom stereocenters. The molecule has 2 aliphatic rings. The maximum Gasteiger partial charge on any atom is 0.490 e. The maximum absolute atomic E-state index is 12.4. The highest BCUT2D eigenvalue weighted by atomic mass is 35.5. The van der Waals surface area contributed by atoms with Crippen molar-refractivity contribution in [3.05, 3.63) is 34.9 Å². The van der Waals surface area contributed by atoms with Gasteiger partial charge in [-0.3, -0.25) is 4.79 Å². The number of ether oxygens (including phenoxy) is 1. The van der Waals surface area contributed by atoms with Gasteiger partial charge >= 0.3 is 12.1 Å². The van der Waals surface area contributed by atoms with Crippen LogP contribution in [0.3, 0.4) is 0 Å². The highest BCUT2D eigenvalue weighted by Crippen LogP contribution is 2.36. The van der Waals surface area contributed by atoms with Crippen LogP contribution in [0.15, 0.2) is 24.3 Å². The van der Waals surface area contributed by atoms with Crippen molar-refractivity contribution in [3.8, 4) is 0 Å². The van der Waals surface area contributed by atoms with Gasteiger partial charge in [0.1, 0.15) is 5.60 Å². The quantitative estimate of drug-likeness (QED) is 0.722. The van der Waals surface area contributed by atoms with Crippen molar-refractivity contribution in [3.63, 3.8) is 0 Å². The summed E-state index contributed by atoms with van der Waals surface area (Å²) in [4.78, 5) is 25.4. The molecule has 0 bridgehead atoms. The van der Waals surface area contributed by atoms with Crippen LogP contribution in [0.5, 0.6) is 0 Å². The lowest BCUT2D eigenvalue weighted by Crippen LogP contribution is -2.66. The van der Waals surface area contributed by atoms with Crippen molar-refractivity contribution in [2.45, 2.75) is 37.5 Å². The highest BCUT2D eigenvalue weighted by Gasteiger charge is 2.48. The van der Waals surface area contributed by atoms with Crippen molar-refractivity contribution >= 4 is 23.5 Å². The number of amides is 1. The van der Waals surface area contributed by atoms with Crippen LogP contribution in [0.25, 0.3) is 0 Å². The Labute approximate surface area is 184 Å². The van der Waals surface area contributed by atoms with Gasteiger partial charge in [-0.15, -0.1) is 0 Å². The van der Waals surface area contributed by atoms with E-state index >= 15 is 0 Å². The number of hydrogen-bond acceptors (Lipinski definition) is 4. The zero-order valence-electron chi connectivity index (χ0n) is 17.6. The number of carbonyl (C=O) groups excluding carboxylic acids is 1. The van der Waals surface area contributed by atoms with Crippen LogP contribution in [0.1, 0.15) is 24.8 Å². The Morgan fingerprint density at radius 2 is 1.90 bits per heavy atom. The standard InChI is InChI=1S/C19H27ClN2O2.C2HF3O2/c1-21(2)11-15-9-10-19(24-12-15)13-22(14-19)18(23)8-7-16-5-3-4-6-17(16)20;3-2(4,5)1(6)7/h3-6,15H,7-14H2,1-2H3;(H,6,7). The Hall–Kier alpha value is -1.84. The molecule has 2 aliphatic heterocycles. The number of benzene rings is 1. The molecule has 1 amide bonds. The van der Waals surface area contributed by atoms with E-state index in [9.17, 15) is 18.0 Å². The minimum atomic E-state index is -5.08. The van der Waals surface area contributed by atoms with Gasteiger partial charge in [0.15, 0.2) is 0 Å². The Balaban J connectivity index is 0.000000423. The number of aliphatic carboxylic acids is 1. The average molecular weight is 465 g/mol. The van der Waals surface area contributed by atoms with Gasteiger partial charge in [-0.25, -0.2) is 4.79 Å². The molecule has 0 aliphatic carbocycles. The SMILES string of the molecule is CN(C)CC1CCC2(CN(C(=O)CCc3ccccc3Cl)C2)OC1.O=C(O)C(F)(F)F. The number of alkyl halides is 3. The van der Waals surface area contributed by atoms with E-state index < -0.39 is 12.1 Å². The van der Waals surface area contributed by atoms with Crippen LogP contribution in [0, 0.1) is 5.92 Å². The first-order chi connectivity index (χ1) is 14.4. The van der Waals surface area contributed by atoms with Gasteiger partial charge in [-0.05, 0) is 50.9 Å². The number of nitrogens with zero attached hydrogens (tertiary/aromatic N) is 2. The number of carbonyl (C=O) groups is 2. The minimum Gasteiger partial charge on any atom is -0.475 e. The third-order valence-corrected chi connectivity index (χ3v) is 5.74. The lowest BCUT2D eigenvalue weighted by molar-refractivity contribution is -0.192. The topological polar surface area (TPSA) is 70.1 Å². The van der Waals surface area contributed by atoms with Crippen LogP contribution in [0.4, 0.5) is 13.2 Å². The number of carboxylic acid groups (broad SMARTS) is 1. The van der Waals surface area contributed by atoms with Gasteiger partial charge < -0.3 is 19.6 Å². The number of hydrogen-bond donors (Lipinski definition) is 1.